The lowest BCUT2D eigenvalue weighted by Crippen LogP contribution is -2.40. The average Bonchev–Trinajstić information content (AvgIpc) is 2.60. The van der Waals surface area contributed by atoms with Crippen LogP contribution in [0.2, 0.25) is 0 Å². The van der Waals surface area contributed by atoms with Crippen LogP contribution in [0, 0.1) is 0 Å². The maximum absolute atomic E-state index is 11.8. The number of hydrogen-bond donors (Lipinski definition) is 2. The third kappa shape index (κ3) is 7.18. The molecule has 24 heavy (non-hydrogen) atoms. The molecule has 0 bridgehead atoms. The minimum absolute atomic E-state index is 0. The van der Waals surface area contributed by atoms with Gasteiger partial charge in [-0.25, -0.2) is 0 Å². The van der Waals surface area contributed by atoms with Gasteiger partial charge in [0, 0.05) is 19.8 Å². The highest BCUT2D eigenvalue weighted by Crippen LogP contribution is 2.14. The van der Waals surface area contributed by atoms with Crippen molar-refractivity contribution in [1.29, 1.82) is 0 Å². The number of ether oxygens (including phenoxy) is 2. The Labute approximate surface area is 150 Å². The number of amides is 1. The van der Waals surface area contributed by atoms with Gasteiger partial charge in [0.1, 0.15) is 0 Å². The van der Waals surface area contributed by atoms with E-state index in [4.69, 9.17) is 15.2 Å². The van der Waals surface area contributed by atoms with Crippen molar-refractivity contribution in [2.75, 3.05) is 13.2 Å². The van der Waals surface area contributed by atoms with Crippen molar-refractivity contribution < 1.29 is 14.3 Å². The van der Waals surface area contributed by atoms with Gasteiger partial charge >= 0.3 is 0 Å². The van der Waals surface area contributed by atoms with E-state index < -0.39 is 6.04 Å². The third-order valence-electron chi connectivity index (χ3n) is 4.08. The molecule has 1 amide bonds. The van der Waals surface area contributed by atoms with Crippen LogP contribution in [0.4, 0.5) is 0 Å². The summed E-state index contributed by atoms with van der Waals surface area (Å²) in [5.41, 5.74) is 8.00. The standard InChI is InChI=1S/C18H28N2O3.ClH/c1-2-3-17(19)18(21)20-12-14-4-6-15(7-5-14)13-23-16-8-10-22-11-9-16;/h4-7,16-17H,2-3,8-13,19H2,1H3,(H,20,21);1H. The second-order valence-electron chi connectivity index (χ2n) is 6.05. The van der Waals surface area contributed by atoms with Crippen molar-refractivity contribution in [3.8, 4) is 0 Å². The second-order valence-corrected chi connectivity index (χ2v) is 6.05. The van der Waals surface area contributed by atoms with Gasteiger partial charge in [-0.2, -0.15) is 0 Å². The minimum atomic E-state index is -0.410. The molecule has 136 valence electrons. The first-order valence-corrected chi connectivity index (χ1v) is 8.49. The van der Waals surface area contributed by atoms with Gasteiger partial charge in [0.25, 0.3) is 0 Å². The van der Waals surface area contributed by atoms with Crippen molar-refractivity contribution in [1.82, 2.24) is 5.32 Å². The normalized spacial score (nSPS) is 16.2. The summed E-state index contributed by atoms with van der Waals surface area (Å²) >= 11 is 0. The van der Waals surface area contributed by atoms with E-state index in [2.05, 4.69) is 5.32 Å². The molecule has 0 spiro atoms. The molecule has 1 aromatic rings. The lowest BCUT2D eigenvalue weighted by molar-refractivity contribution is -0.122. The fourth-order valence-electron chi connectivity index (χ4n) is 2.57. The highest BCUT2D eigenvalue weighted by molar-refractivity contribution is 5.85. The molecule has 1 saturated heterocycles. The molecular formula is C18H29ClN2O3. The zero-order valence-corrected chi connectivity index (χ0v) is 15.1. The van der Waals surface area contributed by atoms with Gasteiger partial charge in [-0.05, 0) is 30.4 Å². The number of benzene rings is 1. The van der Waals surface area contributed by atoms with Gasteiger partial charge in [-0.3, -0.25) is 4.79 Å². The topological polar surface area (TPSA) is 73.6 Å². The first kappa shape index (κ1) is 20.9. The maximum atomic E-state index is 11.8. The van der Waals surface area contributed by atoms with Crippen molar-refractivity contribution in [3.63, 3.8) is 0 Å². The first-order chi connectivity index (χ1) is 11.2. The van der Waals surface area contributed by atoms with Crippen LogP contribution in [0.5, 0.6) is 0 Å². The number of nitrogens with two attached hydrogens (primary N) is 1. The van der Waals surface area contributed by atoms with E-state index in [1.165, 1.54) is 0 Å². The maximum Gasteiger partial charge on any atom is 0.237 e. The molecule has 0 radical (unpaired) electrons. The van der Waals surface area contributed by atoms with Crippen LogP contribution < -0.4 is 11.1 Å². The molecule has 1 aromatic carbocycles. The minimum Gasteiger partial charge on any atom is -0.381 e. The molecule has 0 aromatic heterocycles. The monoisotopic (exact) mass is 356 g/mol. The summed E-state index contributed by atoms with van der Waals surface area (Å²) in [5, 5.41) is 2.88. The smallest absolute Gasteiger partial charge is 0.237 e. The molecule has 1 aliphatic rings. The SMILES string of the molecule is CCCC(N)C(=O)NCc1ccc(COC2CCOCC2)cc1.Cl. The van der Waals surface area contributed by atoms with Gasteiger partial charge in [0.2, 0.25) is 5.91 Å². The molecular weight excluding hydrogens is 328 g/mol. The highest BCUT2D eigenvalue weighted by atomic mass is 35.5. The van der Waals surface area contributed by atoms with E-state index in [0.29, 0.717) is 25.7 Å². The number of halogens is 1. The van der Waals surface area contributed by atoms with E-state index in [1.807, 2.05) is 31.2 Å². The fourth-order valence-corrected chi connectivity index (χ4v) is 2.57. The number of carbonyl (C=O) groups excluding carboxylic acids is 1. The Hall–Kier alpha value is -1.14. The lowest BCUT2D eigenvalue weighted by Gasteiger charge is -2.22. The highest BCUT2D eigenvalue weighted by Gasteiger charge is 2.14. The molecule has 3 N–H and O–H groups in total. The van der Waals surface area contributed by atoms with Gasteiger partial charge < -0.3 is 20.5 Å². The molecule has 1 atom stereocenters. The molecule has 1 fully saturated rings. The van der Waals surface area contributed by atoms with Crippen LogP contribution in [0.3, 0.4) is 0 Å². The quantitative estimate of drug-likeness (QED) is 0.750. The average molecular weight is 357 g/mol. The van der Waals surface area contributed by atoms with Crippen LogP contribution >= 0.6 is 12.4 Å². The summed E-state index contributed by atoms with van der Waals surface area (Å²) in [7, 11) is 0. The molecule has 6 heteroatoms. The largest absolute Gasteiger partial charge is 0.381 e. The van der Waals surface area contributed by atoms with Crippen LogP contribution in [0.15, 0.2) is 24.3 Å². The van der Waals surface area contributed by atoms with Gasteiger partial charge in [-0.15, -0.1) is 12.4 Å². The summed E-state index contributed by atoms with van der Waals surface area (Å²) in [6, 6.07) is 7.73. The number of carbonyl (C=O) groups is 1. The Morgan fingerprint density at radius 2 is 1.92 bits per heavy atom. The van der Waals surface area contributed by atoms with Crippen LogP contribution in [-0.2, 0) is 27.4 Å². The predicted molar refractivity (Wildman–Crippen MR) is 97.1 cm³/mol. The third-order valence-corrected chi connectivity index (χ3v) is 4.08. The summed E-state index contributed by atoms with van der Waals surface area (Å²) < 4.78 is 11.2. The lowest BCUT2D eigenvalue weighted by atomic mass is 10.1. The van der Waals surface area contributed by atoms with Gasteiger partial charge in [0.15, 0.2) is 0 Å². The molecule has 5 nitrogen and oxygen atoms in total. The summed E-state index contributed by atoms with van der Waals surface area (Å²) in [6.45, 7) is 4.75. The fraction of sp³-hybridized carbons (Fsp3) is 0.611. The van der Waals surface area contributed by atoms with Crippen molar-refractivity contribution >= 4 is 18.3 Å². The van der Waals surface area contributed by atoms with Crippen molar-refractivity contribution in [2.24, 2.45) is 5.73 Å². The molecule has 1 aliphatic heterocycles. The van der Waals surface area contributed by atoms with E-state index in [0.717, 1.165) is 43.6 Å². The molecule has 2 rings (SSSR count). The molecule has 1 unspecified atom stereocenters. The van der Waals surface area contributed by atoms with E-state index in [-0.39, 0.29) is 18.3 Å². The van der Waals surface area contributed by atoms with E-state index >= 15 is 0 Å². The molecule has 0 saturated carbocycles. The summed E-state index contributed by atoms with van der Waals surface area (Å²) in [6.07, 6.45) is 3.89. The summed E-state index contributed by atoms with van der Waals surface area (Å²) in [4.78, 5) is 11.8. The Balaban J connectivity index is 0.00000288. The van der Waals surface area contributed by atoms with Crippen molar-refractivity contribution in [3.05, 3.63) is 35.4 Å². The van der Waals surface area contributed by atoms with Crippen LogP contribution in [0.25, 0.3) is 0 Å². The molecule has 1 heterocycles. The van der Waals surface area contributed by atoms with Crippen LogP contribution in [0.1, 0.15) is 43.7 Å². The summed E-state index contributed by atoms with van der Waals surface area (Å²) in [5.74, 6) is -0.0845. The zero-order valence-electron chi connectivity index (χ0n) is 14.3. The van der Waals surface area contributed by atoms with Gasteiger partial charge in [-0.1, -0.05) is 37.6 Å². The number of hydrogen-bond acceptors (Lipinski definition) is 4. The van der Waals surface area contributed by atoms with E-state index in [1.54, 1.807) is 0 Å². The number of rotatable bonds is 8. The second kappa shape index (κ2) is 11.4. The van der Waals surface area contributed by atoms with Gasteiger partial charge in [0.05, 0.1) is 18.8 Å². The van der Waals surface area contributed by atoms with E-state index in [9.17, 15) is 4.79 Å². The Morgan fingerprint density at radius 3 is 2.54 bits per heavy atom. The Morgan fingerprint density at radius 1 is 1.29 bits per heavy atom. The van der Waals surface area contributed by atoms with Crippen molar-refractivity contribution in [2.45, 2.75) is 57.9 Å². The zero-order chi connectivity index (χ0) is 16.5. The molecule has 0 aliphatic carbocycles. The predicted octanol–water partition coefficient (Wildman–Crippen LogP) is 2.55. The number of nitrogens with one attached hydrogen (secondary N) is 1. The van der Waals surface area contributed by atoms with Crippen LogP contribution in [-0.4, -0.2) is 31.3 Å². The Kier molecular flexibility index (Phi) is 9.95. The Bertz CT molecular complexity index is 476. The first-order valence-electron chi connectivity index (χ1n) is 8.49.